The molecule has 3 aliphatic carbocycles. The number of alkyl halides is 3. The number of piperidine rings is 1. The second-order valence-electron chi connectivity index (χ2n) is 10.3. The highest BCUT2D eigenvalue weighted by atomic mass is 19.4. The molecule has 0 amide bonds. The maximum atomic E-state index is 11.1. The first-order valence-corrected chi connectivity index (χ1v) is 11.8. The standard InChI is InChI=1S/C23H33NO.C2HF3O/c1-22(8-4-2-5-9-22)19-13-16-14-20-17-7-3-6-10-23(17,11-12-24-20)18(16)15-21(19)25;3-2(4,5)1-6/h13,15,17,20,24-25H,2-12,14H2,1H3;1H/t17-,20+,23+;/m1./s1. The first-order chi connectivity index (χ1) is 14.7. The second-order valence-corrected chi connectivity index (χ2v) is 10.3. The number of carbonyl (C=O) groups is 1. The number of halogens is 3. The molecule has 0 spiro atoms. The highest BCUT2D eigenvalue weighted by molar-refractivity contribution is 5.56. The van der Waals surface area contributed by atoms with E-state index >= 15 is 0 Å². The van der Waals surface area contributed by atoms with Crippen LogP contribution in [0.4, 0.5) is 13.2 Å². The zero-order valence-electron chi connectivity index (χ0n) is 18.4. The molecule has 1 aromatic rings. The summed E-state index contributed by atoms with van der Waals surface area (Å²) in [6.45, 7) is 3.54. The first-order valence-electron chi connectivity index (χ1n) is 11.8. The van der Waals surface area contributed by atoms with Crippen LogP contribution < -0.4 is 5.32 Å². The summed E-state index contributed by atoms with van der Waals surface area (Å²) >= 11 is 0. The van der Waals surface area contributed by atoms with Crippen LogP contribution in [0.3, 0.4) is 0 Å². The van der Waals surface area contributed by atoms with Gasteiger partial charge in [-0.25, -0.2) is 0 Å². The summed E-state index contributed by atoms with van der Waals surface area (Å²) < 4.78 is 31.2. The van der Waals surface area contributed by atoms with Crippen LogP contribution in [-0.4, -0.2) is 30.2 Å². The Morgan fingerprint density at radius 3 is 2.39 bits per heavy atom. The zero-order valence-corrected chi connectivity index (χ0v) is 18.4. The number of carbonyl (C=O) groups excluding carboxylic acids is 1. The molecular weight excluding hydrogens is 403 g/mol. The van der Waals surface area contributed by atoms with Crippen LogP contribution in [0.2, 0.25) is 0 Å². The van der Waals surface area contributed by atoms with Crippen LogP contribution in [0, 0.1) is 5.92 Å². The zero-order chi connectivity index (χ0) is 22.3. The number of phenols is 1. The fraction of sp³-hybridized carbons (Fsp3) is 0.720. The topological polar surface area (TPSA) is 49.3 Å². The molecular formula is C25H34F3NO2. The van der Waals surface area contributed by atoms with E-state index in [2.05, 4.69) is 24.4 Å². The van der Waals surface area contributed by atoms with Gasteiger partial charge in [0.1, 0.15) is 5.75 Å². The van der Waals surface area contributed by atoms with Gasteiger partial charge in [-0.05, 0) is 73.6 Å². The Morgan fingerprint density at radius 1 is 1.03 bits per heavy atom. The molecule has 3 atom stereocenters. The summed E-state index contributed by atoms with van der Waals surface area (Å²) in [5.74, 6) is 1.39. The van der Waals surface area contributed by atoms with Crippen molar-refractivity contribution >= 4 is 6.29 Å². The van der Waals surface area contributed by atoms with E-state index in [4.69, 9.17) is 4.79 Å². The Balaban J connectivity index is 0.000000342. The summed E-state index contributed by atoms with van der Waals surface area (Å²) in [6.07, 6.45) is 8.63. The van der Waals surface area contributed by atoms with Gasteiger partial charge in [-0.15, -0.1) is 0 Å². The molecule has 3 fully saturated rings. The third-order valence-corrected chi connectivity index (χ3v) is 8.50. The van der Waals surface area contributed by atoms with Crippen molar-refractivity contribution in [1.82, 2.24) is 5.32 Å². The first kappa shape index (κ1) is 22.6. The molecule has 2 N–H and O–H groups in total. The van der Waals surface area contributed by atoms with Crippen molar-refractivity contribution in [2.75, 3.05) is 6.54 Å². The molecule has 2 bridgehead atoms. The SMILES string of the molecule is CC1(c2cc3c(cc2O)[C@]24CCCC[C@@H]2[C@H](C3)NCC4)CCCCC1.O=CC(F)(F)F. The Labute approximate surface area is 182 Å². The second kappa shape index (κ2) is 8.42. The molecule has 4 aliphatic rings. The third-order valence-electron chi connectivity index (χ3n) is 8.50. The number of aromatic hydroxyl groups is 1. The summed E-state index contributed by atoms with van der Waals surface area (Å²) in [7, 11) is 0. The summed E-state index contributed by atoms with van der Waals surface area (Å²) in [5, 5.41) is 14.9. The number of fused-ring (bicyclic) bond motifs is 1. The molecule has 31 heavy (non-hydrogen) atoms. The monoisotopic (exact) mass is 437 g/mol. The van der Waals surface area contributed by atoms with Gasteiger partial charge in [0.2, 0.25) is 6.29 Å². The average molecular weight is 438 g/mol. The maximum absolute atomic E-state index is 11.1. The van der Waals surface area contributed by atoms with Crippen LogP contribution in [0.15, 0.2) is 12.1 Å². The lowest BCUT2D eigenvalue weighted by atomic mass is 9.52. The molecule has 6 heteroatoms. The molecule has 3 nitrogen and oxygen atoms in total. The molecule has 1 heterocycles. The predicted molar refractivity (Wildman–Crippen MR) is 114 cm³/mol. The van der Waals surface area contributed by atoms with Gasteiger partial charge in [-0.3, -0.25) is 4.79 Å². The molecule has 1 aromatic carbocycles. The van der Waals surface area contributed by atoms with Crippen molar-refractivity contribution in [2.45, 2.75) is 101 Å². The van der Waals surface area contributed by atoms with Gasteiger partial charge >= 0.3 is 6.18 Å². The molecule has 1 aliphatic heterocycles. The van der Waals surface area contributed by atoms with Crippen molar-refractivity contribution in [3.63, 3.8) is 0 Å². The summed E-state index contributed by atoms with van der Waals surface area (Å²) in [5.41, 5.74) is 4.85. The van der Waals surface area contributed by atoms with Crippen molar-refractivity contribution in [2.24, 2.45) is 5.92 Å². The quantitative estimate of drug-likeness (QED) is 0.554. The van der Waals surface area contributed by atoms with Crippen LogP contribution in [0.25, 0.3) is 0 Å². The average Bonchev–Trinajstić information content (AvgIpc) is 2.74. The minimum Gasteiger partial charge on any atom is -0.508 e. The van der Waals surface area contributed by atoms with Crippen molar-refractivity contribution in [3.05, 3.63) is 28.8 Å². The number of aldehydes is 1. The number of hydrogen-bond donors (Lipinski definition) is 2. The van der Waals surface area contributed by atoms with E-state index in [1.165, 1.54) is 81.8 Å². The lowest BCUT2D eigenvalue weighted by Crippen LogP contribution is -2.59. The minimum atomic E-state index is -4.64. The van der Waals surface area contributed by atoms with Gasteiger partial charge in [0.25, 0.3) is 0 Å². The highest BCUT2D eigenvalue weighted by Gasteiger charge is 2.52. The fourth-order valence-corrected chi connectivity index (χ4v) is 7.06. The van der Waals surface area contributed by atoms with Crippen LogP contribution in [0.5, 0.6) is 5.75 Å². The van der Waals surface area contributed by atoms with Gasteiger partial charge in [0.15, 0.2) is 0 Å². The predicted octanol–water partition coefficient (Wildman–Crippen LogP) is 5.71. The molecule has 0 radical (unpaired) electrons. The molecule has 0 aromatic heterocycles. The Bertz CT molecular complexity index is 812. The highest BCUT2D eigenvalue weighted by Crippen LogP contribution is 2.55. The van der Waals surface area contributed by atoms with E-state index in [-0.39, 0.29) is 5.41 Å². The molecule has 1 saturated heterocycles. The van der Waals surface area contributed by atoms with E-state index in [1.54, 1.807) is 5.56 Å². The van der Waals surface area contributed by atoms with Crippen LogP contribution in [0.1, 0.15) is 87.8 Å². The number of benzene rings is 1. The van der Waals surface area contributed by atoms with Gasteiger partial charge < -0.3 is 10.4 Å². The lowest BCUT2D eigenvalue weighted by Gasteiger charge is -2.56. The fourth-order valence-electron chi connectivity index (χ4n) is 7.06. The van der Waals surface area contributed by atoms with Crippen LogP contribution in [-0.2, 0) is 22.0 Å². The summed E-state index contributed by atoms with van der Waals surface area (Å²) in [6, 6.07) is 5.32. The van der Waals surface area contributed by atoms with Crippen LogP contribution >= 0.6 is 0 Å². The van der Waals surface area contributed by atoms with E-state index in [0.717, 1.165) is 12.5 Å². The normalized spacial score (nSPS) is 31.5. The van der Waals surface area contributed by atoms with Crippen molar-refractivity contribution in [1.29, 1.82) is 0 Å². The summed E-state index contributed by atoms with van der Waals surface area (Å²) in [4.78, 5) is 8.70. The van der Waals surface area contributed by atoms with E-state index in [0.29, 0.717) is 17.2 Å². The van der Waals surface area contributed by atoms with Crippen molar-refractivity contribution in [3.8, 4) is 5.75 Å². The third kappa shape index (κ3) is 4.24. The van der Waals surface area contributed by atoms with E-state index in [9.17, 15) is 18.3 Å². The number of nitrogens with one attached hydrogen (secondary N) is 1. The smallest absolute Gasteiger partial charge is 0.446 e. The van der Waals surface area contributed by atoms with Gasteiger partial charge in [-0.1, -0.05) is 45.1 Å². The van der Waals surface area contributed by atoms with Gasteiger partial charge in [-0.2, -0.15) is 13.2 Å². The Kier molecular flexibility index (Phi) is 6.14. The van der Waals surface area contributed by atoms with E-state index < -0.39 is 12.5 Å². The molecule has 172 valence electrons. The number of phenolic OH excluding ortho intramolecular Hbond substituents is 1. The van der Waals surface area contributed by atoms with Gasteiger partial charge in [0, 0.05) is 17.0 Å². The Hall–Kier alpha value is -1.56. The largest absolute Gasteiger partial charge is 0.508 e. The molecule has 0 unspecified atom stereocenters. The number of rotatable bonds is 1. The minimum absolute atomic E-state index is 0.182. The molecule has 5 rings (SSSR count). The van der Waals surface area contributed by atoms with Gasteiger partial charge in [0.05, 0.1) is 0 Å². The maximum Gasteiger partial charge on any atom is 0.446 e. The van der Waals surface area contributed by atoms with E-state index in [1.807, 2.05) is 0 Å². The van der Waals surface area contributed by atoms with Crippen molar-refractivity contribution < 1.29 is 23.1 Å². The Morgan fingerprint density at radius 2 is 1.71 bits per heavy atom. The number of hydrogen-bond acceptors (Lipinski definition) is 3. The molecule has 2 saturated carbocycles. The lowest BCUT2D eigenvalue weighted by molar-refractivity contribution is -0.156.